The molecule has 4 rings (SSSR count). The molecule has 0 saturated heterocycles. The molecule has 1 aliphatic rings. The molecule has 1 N–H and O–H groups in total. The Bertz CT molecular complexity index is 1320. The van der Waals surface area contributed by atoms with E-state index in [1.165, 1.54) is 9.87 Å². The number of benzene rings is 3. The highest BCUT2D eigenvalue weighted by molar-refractivity contribution is 7.92. The number of nitrogens with zero attached hydrogens (tertiary/aromatic N) is 1. The number of sulfonamides is 1. The van der Waals surface area contributed by atoms with Gasteiger partial charge in [0.2, 0.25) is 0 Å². The highest BCUT2D eigenvalue weighted by Gasteiger charge is 2.35. The van der Waals surface area contributed by atoms with E-state index in [0.717, 1.165) is 16.7 Å². The Hall–Kier alpha value is -3.32. The Morgan fingerprint density at radius 3 is 2.56 bits per heavy atom. The maximum atomic E-state index is 13.8. The van der Waals surface area contributed by atoms with Crippen molar-refractivity contribution in [3.8, 4) is 16.9 Å². The molecule has 3 aromatic rings. The van der Waals surface area contributed by atoms with Crippen molar-refractivity contribution in [2.45, 2.75) is 50.5 Å². The van der Waals surface area contributed by atoms with E-state index in [1.807, 2.05) is 43.3 Å². The number of hydrogen-bond donors (Lipinski definition) is 1. The van der Waals surface area contributed by atoms with Gasteiger partial charge in [-0.2, -0.15) is 0 Å². The lowest BCUT2D eigenvalue weighted by Gasteiger charge is -2.36. The summed E-state index contributed by atoms with van der Waals surface area (Å²) in [4.78, 5) is 11.3. The number of fused-ring (bicyclic) bond motifs is 1. The fourth-order valence-corrected chi connectivity index (χ4v) is 5.91. The molecule has 0 fully saturated rings. The first-order valence-corrected chi connectivity index (χ1v) is 12.8. The minimum Gasteiger partial charge on any atom is -0.486 e. The minimum absolute atomic E-state index is 0.0475. The maximum Gasteiger partial charge on any atom is 0.303 e. The number of hydrogen-bond acceptors (Lipinski definition) is 4. The van der Waals surface area contributed by atoms with Crippen LogP contribution in [0, 0.1) is 6.92 Å². The van der Waals surface area contributed by atoms with Gasteiger partial charge in [-0.1, -0.05) is 56.3 Å². The largest absolute Gasteiger partial charge is 0.486 e. The summed E-state index contributed by atoms with van der Waals surface area (Å²) >= 11 is 0. The van der Waals surface area contributed by atoms with Crippen molar-refractivity contribution in [2.24, 2.45) is 0 Å². The van der Waals surface area contributed by atoms with Crippen LogP contribution >= 0.6 is 0 Å². The lowest BCUT2D eigenvalue weighted by Crippen LogP contribution is -2.43. The molecule has 178 valence electrons. The van der Waals surface area contributed by atoms with E-state index in [1.54, 1.807) is 24.3 Å². The van der Waals surface area contributed by atoms with Gasteiger partial charge in [0.25, 0.3) is 10.0 Å². The normalized spacial score (nSPS) is 15.6. The van der Waals surface area contributed by atoms with E-state index >= 15 is 0 Å². The lowest BCUT2D eigenvalue weighted by molar-refractivity contribution is -0.137. The molecule has 0 aromatic heterocycles. The number of carbonyl (C=O) groups is 1. The van der Waals surface area contributed by atoms with Gasteiger partial charge in [0, 0.05) is 6.42 Å². The van der Waals surface area contributed by atoms with E-state index in [-0.39, 0.29) is 24.3 Å². The molecule has 3 aromatic carbocycles. The summed E-state index contributed by atoms with van der Waals surface area (Å²) in [5.74, 6) is -0.206. The van der Waals surface area contributed by atoms with Crippen molar-refractivity contribution >= 4 is 21.7 Å². The Morgan fingerprint density at radius 2 is 1.85 bits per heavy atom. The van der Waals surface area contributed by atoms with E-state index in [2.05, 4.69) is 19.9 Å². The van der Waals surface area contributed by atoms with Crippen LogP contribution in [0.1, 0.15) is 43.7 Å². The number of rotatable bonds is 7. The van der Waals surface area contributed by atoms with Gasteiger partial charge < -0.3 is 9.84 Å². The molecule has 0 saturated carbocycles. The summed E-state index contributed by atoms with van der Waals surface area (Å²) < 4.78 is 35.0. The number of carboxylic acids is 1. The molecule has 0 bridgehead atoms. The standard InChI is InChI=1S/C27H29NO5S/c1-18(2)23-9-4-5-10-24(23)20-11-13-26-25(16-20)28(17-21(33-26)12-14-27(29)30)34(31,32)22-8-6-7-19(3)15-22/h4-11,13,15-16,18,21H,12,14,17H2,1-3H3,(H,29,30)/t21-/m0/s1. The lowest BCUT2D eigenvalue weighted by atomic mass is 9.92. The number of ether oxygens (including phenoxy) is 1. The van der Waals surface area contributed by atoms with Crippen molar-refractivity contribution < 1.29 is 23.1 Å². The Balaban J connectivity index is 1.83. The number of anilines is 1. The topological polar surface area (TPSA) is 83.9 Å². The first-order chi connectivity index (χ1) is 16.2. The molecule has 0 unspecified atom stereocenters. The van der Waals surface area contributed by atoms with E-state index in [9.17, 15) is 13.2 Å². The van der Waals surface area contributed by atoms with E-state index in [4.69, 9.17) is 9.84 Å². The average molecular weight is 480 g/mol. The second-order valence-electron chi connectivity index (χ2n) is 8.95. The van der Waals surface area contributed by atoms with Gasteiger partial charge >= 0.3 is 5.97 Å². The van der Waals surface area contributed by atoms with Crippen molar-refractivity contribution in [3.63, 3.8) is 0 Å². The third kappa shape index (κ3) is 4.80. The van der Waals surface area contributed by atoms with Gasteiger partial charge in [0.15, 0.2) is 0 Å². The zero-order valence-corrected chi connectivity index (χ0v) is 20.4. The van der Waals surface area contributed by atoms with Gasteiger partial charge in [-0.15, -0.1) is 0 Å². The van der Waals surface area contributed by atoms with Crippen LogP contribution in [0.3, 0.4) is 0 Å². The third-order valence-corrected chi connectivity index (χ3v) is 7.82. The zero-order valence-electron chi connectivity index (χ0n) is 19.6. The third-order valence-electron chi connectivity index (χ3n) is 6.04. The van der Waals surface area contributed by atoms with Crippen molar-refractivity contribution in [1.82, 2.24) is 0 Å². The number of aliphatic carboxylic acids is 1. The van der Waals surface area contributed by atoms with Crippen LogP contribution in [0.4, 0.5) is 5.69 Å². The van der Waals surface area contributed by atoms with Crippen LogP contribution in [0.25, 0.3) is 11.1 Å². The zero-order chi connectivity index (χ0) is 24.5. The van der Waals surface area contributed by atoms with Crippen LogP contribution in [0.5, 0.6) is 5.75 Å². The molecule has 0 spiro atoms. The summed E-state index contributed by atoms with van der Waals surface area (Å²) in [5.41, 5.74) is 4.42. The summed E-state index contributed by atoms with van der Waals surface area (Å²) in [5, 5.41) is 9.12. The van der Waals surface area contributed by atoms with E-state index < -0.39 is 22.1 Å². The molecule has 34 heavy (non-hydrogen) atoms. The van der Waals surface area contributed by atoms with Crippen LogP contribution in [-0.4, -0.2) is 32.1 Å². The number of carboxylic acid groups (broad SMARTS) is 1. The second kappa shape index (κ2) is 9.50. The summed E-state index contributed by atoms with van der Waals surface area (Å²) in [7, 11) is -3.89. The summed E-state index contributed by atoms with van der Waals surface area (Å²) in [6, 6.07) is 20.5. The summed E-state index contributed by atoms with van der Waals surface area (Å²) in [6.07, 6.45) is -0.443. The summed E-state index contributed by atoms with van der Waals surface area (Å²) in [6.45, 7) is 6.15. The van der Waals surface area contributed by atoms with Gasteiger partial charge in [-0.05, 0) is 65.8 Å². The first-order valence-electron chi connectivity index (χ1n) is 11.4. The van der Waals surface area contributed by atoms with Gasteiger partial charge in [-0.3, -0.25) is 9.10 Å². The smallest absolute Gasteiger partial charge is 0.303 e. The molecule has 6 nitrogen and oxygen atoms in total. The van der Waals surface area contributed by atoms with Crippen LogP contribution in [0.2, 0.25) is 0 Å². The predicted octanol–water partition coefficient (Wildman–Crippen LogP) is 5.61. The molecule has 0 amide bonds. The molecular weight excluding hydrogens is 450 g/mol. The SMILES string of the molecule is Cc1cccc(S(=O)(=O)N2C[C@H](CCC(=O)O)Oc3ccc(-c4ccccc4C(C)C)cc32)c1. The highest BCUT2D eigenvalue weighted by Crippen LogP contribution is 2.41. The molecule has 1 heterocycles. The van der Waals surface area contributed by atoms with Crippen molar-refractivity contribution in [2.75, 3.05) is 10.8 Å². The fourth-order valence-electron chi connectivity index (χ4n) is 4.31. The average Bonchev–Trinajstić information content (AvgIpc) is 2.81. The van der Waals surface area contributed by atoms with Crippen LogP contribution in [0.15, 0.2) is 71.6 Å². The Kier molecular flexibility index (Phi) is 6.66. The van der Waals surface area contributed by atoms with E-state index in [0.29, 0.717) is 17.4 Å². The molecule has 0 radical (unpaired) electrons. The van der Waals surface area contributed by atoms with Gasteiger partial charge in [-0.25, -0.2) is 8.42 Å². The molecule has 1 atom stereocenters. The maximum absolute atomic E-state index is 13.8. The Labute approximate surface area is 200 Å². The molecular formula is C27H29NO5S. The van der Waals surface area contributed by atoms with Crippen molar-refractivity contribution in [3.05, 3.63) is 77.9 Å². The number of aryl methyl sites for hydroxylation is 1. The quantitative estimate of drug-likeness (QED) is 0.476. The molecule has 1 aliphatic heterocycles. The minimum atomic E-state index is -3.89. The molecule has 7 heteroatoms. The predicted molar refractivity (Wildman–Crippen MR) is 133 cm³/mol. The van der Waals surface area contributed by atoms with Crippen LogP contribution in [-0.2, 0) is 14.8 Å². The fraction of sp³-hybridized carbons (Fsp3) is 0.296. The van der Waals surface area contributed by atoms with Crippen LogP contribution < -0.4 is 9.04 Å². The second-order valence-corrected chi connectivity index (χ2v) is 10.8. The molecule has 0 aliphatic carbocycles. The van der Waals surface area contributed by atoms with Gasteiger partial charge in [0.05, 0.1) is 17.1 Å². The van der Waals surface area contributed by atoms with Crippen molar-refractivity contribution in [1.29, 1.82) is 0 Å². The van der Waals surface area contributed by atoms with Gasteiger partial charge in [0.1, 0.15) is 11.9 Å². The highest BCUT2D eigenvalue weighted by atomic mass is 32.2. The first kappa shape index (κ1) is 23.8. The monoisotopic (exact) mass is 479 g/mol. The Morgan fingerprint density at radius 1 is 1.09 bits per heavy atom.